The molecule has 216 valence electrons. The van der Waals surface area contributed by atoms with Crippen LogP contribution in [0.2, 0.25) is 0 Å². The van der Waals surface area contributed by atoms with Crippen LogP contribution in [0.5, 0.6) is 0 Å². The summed E-state index contributed by atoms with van der Waals surface area (Å²) in [4.78, 5) is 41.7. The van der Waals surface area contributed by atoms with Gasteiger partial charge in [-0.15, -0.1) is 0 Å². The molecule has 1 aromatic rings. The maximum atomic E-state index is 14.0. The number of alkyl carbamates (subject to hydrolysis) is 1. The fraction of sp³-hybridized carbons (Fsp3) is 0.700. The van der Waals surface area contributed by atoms with Crippen LogP contribution in [0, 0.1) is 13.8 Å². The highest BCUT2D eigenvalue weighted by Crippen LogP contribution is 2.26. The summed E-state index contributed by atoms with van der Waals surface area (Å²) in [7, 11) is 0. The first kappa shape index (κ1) is 33.8. The summed E-state index contributed by atoms with van der Waals surface area (Å²) >= 11 is 4.37. The highest BCUT2D eigenvalue weighted by atomic mass is 32.1. The molecule has 38 heavy (non-hydrogen) atoms. The molecule has 7 nitrogen and oxygen atoms in total. The van der Waals surface area contributed by atoms with Crippen molar-refractivity contribution in [1.29, 1.82) is 0 Å². The quantitative estimate of drug-likeness (QED) is 0.167. The number of benzene rings is 1. The number of nitrogens with one attached hydrogen (secondary N) is 2. The van der Waals surface area contributed by atoms with Gasteiger partial charge in [-0.2, -0.15) is 12.6 Å². The molecule has 0 aromatic heterocycles. The smallest absolute Gasteiger partial charge is 0.408 e. The van der Waals surface area contributed by atoms with E-state index in [1.54, 1.807) is 25.7 Å². The highest BCUT2D eigenvalue weighted by molar-refractivity contribution is 7.80. The van der Waals surface area contributed by atoms with Crippen molar-refractivity contribution in [2.45, 2.75) is 118 Å². The van der Waals surface area contributed by atoms with Gasteiger partial charge >= 0.3 is 6.09 Å². The average Bonchev–Trinajstić information content (AvgIpc) is 2.84. The molecule has 0 heterocycles. The zero-order valence-corrected chi connectivity index (χ0v) is 25.6. The Morgan fingerprint density at radius 1 is 0.947 bits per heavy atom. The van der Waals surface area contributed by atoms with Crippen LogP contribution in [0.25, 0.3) is 0 Å². The van der Waals surface area contributed by atoms with Gasteiger partial charge in [-0.3, -0.25) is 9.59 Å². The minimum Gasteiger partial charge on any atom is -0.444 e. The number of hydrogen-bond acceptors (Lipinski definition) is 5. The average molecular weight is 550 g/mol. The van der Waals surface area contributed by atoms with Crippen LogP contribution in [-0.2, 0) is 14.3 Å². The molecule has 2 atom stereocenters. The van der Waals surface area contributed by atoms with Gasteiger partial charge in [-0.05, 0) is 64.2 Å². The van der Waals surface area contributed by atoms with Crippen molar-refractivity contribution in [2.75, 3.05) is 18.8 Å². The number of unbranched alkanes of at least 4 members (excludes halogenated alkanes) is 6. The fourth-order valence-electron chi connectivity index (χ4n) is 4.16. The molecule has 0 aliphatic carbocycles. The van der Waals surface area contributed by atoms with E-state index in [1.807, 2.05) is 32.0 Å². The molecular weight excluding hydrogens is 498 g/mol. The van der Waals surface area contributed by atoms with E-state index in [1.165, 1.54) is 6.42 Å². The van der Waals surface area contributed by atoms with E-state index >= 15 is 0 Å². The molecular formula is C30H51N3O4S. The first-order valence-corrected chi connectivity index (χ1v) is 14.8. The monoisotopic (exact) mass is 549 g/mol. The first-order valence-electron chi connectivity index (χ1n) is 14.2. The third kappa shape index (κ3) is 12.1. The van der Waals surface area contributed by atoms with E-state index in [0.717, 1.165) is 61.6 Å². The molecule has 2 unspecified atom stereocenters. The van der Waals surface area contributed by atoms with Crippen LogP contribution < -0.4 is 10.6 Å². The van der Waals surface area contributed by atoms with Gasteiger partial charge in [0, 0.05) is 18.8 Å². The van der Waals surface area contributed by atoms with Crippen LogP contribution in [0.15, 0.2) is 18.2 Å². The second kappa shape index (κ2) is 17.4. The Balaban J connectivity index is 3.35. The summed E-state index contributed by atoms with van der Waals surface area (Å²) in [5.74, 6) is -0.466. The van der Waals surface area contributed by atoms with Gasteiger partial charge in [0.05, 0.1) is 0 Å². The Labute approximate surface area is 236 Å². The number of hydrogen-bond donors (Lipinski definition) is 3. The van der Waals surface area contributed by atoms with Gasteiger partial charge in [0.1, 0.15) is 17.7 Å². The SMILES string of the molecule is CCCCCCCCN(C(=O)C(CS)NC(=O)OC(C)(C)C)C(C(=O)NCCCC)c1ccc(C)c(C)c1. The summed E-state index contributed by atoms with van der Waals surface area (Å²) < 4.78 is 5.39. The molecule has 0 fully saturated rings. The highest BCUT2D eigenvalue weighted by Gasteiger charge is 2.35. The maximum absolute atomic E-state index is 14.0. The normalized spacial score (nSPS) is 12.9. The lowest BCUT2D eigenvalue weighted by molar-refractivity contribution is -0.142. The Hall–Kier alpha value is -2.22. The number of amides is 3. The minimum atomic E-state index is -0.925. The molecule has 3 amide bonds. The molecule has 0 bridgehead atoms. The van der Waals surface area contributed by atoms with Crippen LogP contribution in [0.4, 0.5) is 4.79 Å². The van der Waals surface area contributed by atoms with Gasteiger partial charge in [0.25, 0.3) is 0 Å². The van der Waals surface area contributed by atoms with Gasteiger partial charge in [-0.1, -0.05) is 70.6 Å². The van der Waals surface area contributed by atoms with Gasteiger partial charge < -0.3 is 20.3 Å². The number of carbonyl (C=O) groups excluding carboxylic acids is 3. The van der Waals surface area contributed by atoms with Crippen molar-refractivity contribution < 1.29 is 19.1 Å². The van der Waals surface area contributed by atoms with E-state index < -0.39 is 23.8 Å². The number of carbonyl (C=O) groups is 3. The Bertz CT molecular complexity index is 885. The van der Waals surface area contributed by atoms with Gasteiger partial charge in [0.15, 0.2) is 0 Å². The zero-order chi connectivity index (χ0) is 28.7. The molecule has 0 saturated heterocycles. The molecule has 0 aliphatic rings. The van der Waals surface area contributed by atoms with E-state index in [2.05, 4.69) is 37.1 Å². The summed E-state index contributed by atoms with van der Waals surface area (Å²) in [6.07, 6.45) is 7.46. The number of ether oxygens (including phenoxy) is 1. The fourth-order valence-corrected chi connectivity index (χ4v) is 4.40. The van der Waals surface area contributed by atoms with Crippen LogP contribution in [0.3, 0.4) is 0 Å². The summed E-state index contributed by atoms with van der Waals surface area (Å²) in [5, 5.41) is 5.71. The topological polar surface area (TPSA) is 87.7 Å². The number of aryl methyl sites for hydroxylation is 2. The minimum absolute atomic E-state index is 0.0855. The molecule has 0 saturated carbocycles. The molecule has 8 heteroatoms. The summed E-state index contributed by atoms with van der Waals surface area (Å²) in [6.45, 7) is 14.5. The first-order chi connectivity index (χ1) is 17.9. The molecule has 0 spiro atoms. The number of rotatable bonds is 16. The van der Waals surface area contributed by atoms with Crippen molar-refractivity contribution in [3.05, 3.63) is 34.9 Å². The number of nitrogens with zero attached hydrogens (tertiary/aromatic N) is 1. The van der Waals surface area contributed by atoms with Crippen molar-refractivity contribution in [3.63, 3.8) is 0 Å². The summed E-state index contributed by atoms with van der Waals surface area (Å²) in [5.41, 5.74) is 2.23. The standard InChI is InChI=1S/C30H51N3O4S/c1-8-10-12-13-14-15-19-33(28(35)25(21-38)32-29(36)37-30(5,6)7)26(27(34)31-18-11-9-2)24-17-16-22(3)23(4)20-24/h16-17,20,25-26,38H,8-15,18-19,21H2,1-7H3,(H,31,34)(H,32,36). The van der Waals surface area contributed by atoms with E-state index in [4.69, 9.17) is 4.74 Å². The van der Waals surface area contributed by atoms with Crippen molar-refractivity contribution >= 4 is 30.5 Å². The van der Waals surface area contributed by atoms with Crippen LogP contribution in [0.1, 0.15) is 109 Å². The largest absolute Gasteiger partial charge is 0.444 e. The molecule has 0 aliphatic heterocycles. The molecule has 1 aromatic carbocycles. The molecule has 0 radical (unpaired) electrons. The van der Waals surface area contributed by atoms with Crippen LogP contribution in [-0.4, -0.2) is 53.3 Å². The van der Waals surface area contributed by atoms with E-state index in [0.29, 0.717) is 13.1 Å². The summed E-state index contributed by atoms with van der Waals surface area (Å²) in [6, 6.07) is 4.16. The maximum Gasteiger partial charge on any atom is 0.408 e. The molecule has 2 N–H and O–H groups in total. The van der Waals surface area contributed by atoms with Crippen molar-refractivity contribution in [3.8, 4) is 0 Å². The Kier molecular flexibility index (Phi) is 15.5. The lowest BCUT2D eigenvalue weighted by Crippen LogP contribution is -2.54. The zero-order valence-electron chi connectivity index (χ0n) is 24.7. The lowest BCUT2D eigenvalue weighted by Gasteiger charge is -2.34. The van der Waals surface area contributed by atoms with E-state index in [9.17, 15) is 14.4 Å². The second-order valence-electron chi connectivity index (χ2n) is 11.1. The van der Waals surface area contributed by atoms with Crippen LogP contribution >= 0.6 is 12.6 Å². The van der Waals surface area contributed by atoms with E-state index in [-0.39, 0.29) is 17.6 Å². The van der Waals surface area contributed by atoms with Gasteiger partial charge in [-0.25, -0.2) is 4.79 Å². The predicted molar refractivity (Wildman–Crippen MR) is 159 cm³/mol. The lowest BCUT2D eigenvalue weighted by atomic mass is 9.98. The number of thiol groups is 1. The third-order valence-corrected chi connectivity index (χ3v) is 6.81. The van der Waals surface area contributed by atoms with Gasteiger partial charge in [0.2, 0.25) is 11.8 Å². The predicted octanol–water partition coefficient (Wildman–Crippen LogP) is 6.27. The van der Waals surface area contributed by atoms with Crippen molar-refractivity contribution in [1.82, 2.24) is 15.5 Å². The molecule has 1 rings (SSSR count). The third-order valence-electron chi connectivity index (χ3n) is 6.44. The van der Waals surface area contributed by atoms with Crippen molar-refractivity contribution in [2.24, 2.45) is 0 Å². The second-order valence-corrected chi connectivity index (χ2v) is 11.4. The Morgan fingerprint density at radius 2 is 1.58 bits per heavy atom. The Morgan fingerprint density at radius 3 is 2.16 bits per heavy atom.